The maximum Gasteiger partial charge on any atom is 0.251 e. The van der Waals surface area contributed by atoms with E-state index in [0.717, 1.165) is 11.1 Å². The summed E-state index contributed by atoms with van der Waals surface area (Å²) in [5.41, 5.74) is 2.39. The zero-order chi connectivity index (χ0) is 14.3. The van der Waals surface area contributed by atoms with Crippen molar-refractivity contribution in [1.82, 2.24) is 5.32 Å². The smallest absolute Gasteiger partial charge is 0.251 e. The van der Waals surface area contributed by atoms with E-state index in [-0.39, 0.29) is 12.5 Å². The molecule has 0 radical (unpaired) electrons. The number of nitrogens with one attached hydrogen (secondary N) is 1. The molecule has 0 aromatic heterocycles. The van der Waals surface area contributed by atoms with Crippen molar-refractivity contribution in [2.75, 3.05) is 13.2 Å². The van der Waals surface area contributed by atoms with E-state index in [1.807, 2.05) is 25.1 Å². The number of aliphatic hydroxyl groups excluding tert-OH is 1. The third-order valence-corrected chi connectivity index (χ3v) is 2.71. The first-order chi connectivity index (χ1) is 9.06. The number of carbonyl (C=O) groups excluding carboxylic acids is 1. The summed E-state index contributed by atoms with van der Waals surface area (Å²) in [5.74, 6) is 6.23. The van der Waals surface area contributed by atoms with Gasteiger partial charge >= 0.3 is 0 Å². The normalized spacial score (nSPS) is 9.95. The summed E-state index contributed by atoms with van der Waals surface area (Å²) >= 11 is 0. The molecule has 0 aliphatic rings. The van der Waals surface area contributed by atoms with E-state index in [2.05, 4.69) is 31.0 Å². The molecule has 0 saturated heterocycles. The minimum atomic E-state index is -0.0583. The van der Waals surface area contributed by atoms with E-state index in [9.17, 15) is 4.79 Å². The Labute approximate surface area is 115 Å². The van der Waals surface area contributed by atoms with Gasteiger partial charge in [0.15, 0.2) is 0 Å². The van der Waals surface area contributed by atoms with Gasteiger partial charge in [0.05, 0.1) is 6.61 Å². The van der Waals surface area contributed by atoms with Crippen molar-refractivity contribution >= 4 is 5.91 Å². The number of benzene rings is 1. The molecule has 0 atom stereocenters. The maximum absolute atomic E-state index is 12.1. The van der Waals surface area contributed by atoms with Crippen LogP contribution in [-0.4, -0.2) is 24.2 Å². The van der Waals surface area contributed by atoms with Crippen molar-refractivity contribution in [2.45, 2.75) is 27.2 Å². The summed E-state index contributed by atoms with van der Waals surface area (Å²) < 4.78 is 0. The topological polar surface area (TPSA) is 49.3 Å². The largest absolute Gasteiger partial charge is 0.395 e. The Morgan fingerprint density at radius 2 is 2.16 bits per heavy atom. The minimum Gasteiger partial charge on any atom is -0.395 e. The third-order valence-electron chi connectivity index (χ3n) is 2.71. The Balaban J connectivity index is 2.89. The molecule has 0 bridgehead atoms. The summed E-state index contributed by atoms with van der Waals surface area (Å²) in [6.07, 6.45) is 0.448. The van der Waals surface area contributed by atoms with Crippen LogP contribution >= 0.6 is 0 Å². The van der Waals surface area contributed by atoms with Gasteiger partial charge in [-0.05, 0) is 30.5 Å². The van der Waals surface area contributed by atoms with Crippen LogP contribution in [0.3, 0.4) is 0 Å². The predicted molar refractivity (Wildman–Crippen MR) is 76.9 cm³/mol. The second-order valence-corrected chi connectivity index (χ2v) is 4.86. The highest BCUT2D eigenvalue weighted by Gasteiger charge is 2.10. The lowest BCUT2D eigenvalue weighted by Gasteiger charge is -2.10. The van der Waals surface area contributed by atoms with E-state index in [1.54, 1.807) is 0 Å². The van der Waals surface area contributed by atoms with Gasteiger partial charge in [-0.25, -0.2) is 0 Å². The molecule has 102 valence electrons. The molecule has 1 aromatic rings. The summed E-state index contributed by atoms with van der Waals surface area (Å²) in [5, 5.41) is 11.6. The second-order valence-electron chi connectivity index (χ2n) is 4.86. The molecule has 1 amide bonds. The van der Waals surface area contributed by atoms with Gasteiger partial charge in [0.1, 0.15) is 0 Å². The molecule has 0 aliphatic heterocycles. The molecule has 0 spiro atoms. The van der Waals surface area contributed by atoms with Crippen molar-refractivity contribution in [1.29, 1.82) is 0 Å². The number of rotatable bonds is 4. The first-order valence-electron chi connectivity index (χ1n) is 6.53. The number of carbonyl (C=O) groups is 1. The highest BCUT2D eigenvalue weighted by molar-refractivity contribution is 5.96. The average Bonchev–Trinajstić information content (AvgIpc) is 2.38. The van der Waals surface area contributed by atoms with Crippen LogP contribution in [-0.2, 0) is 0 Å². The summed E-state index contributed by atoms with van der Waals surface area (Å²) in [7, 11) is 0. The summed E-state index contributed by atoms with van der Waals surface area (Å²) in [6, 6.07) is 5.53. The SMILES string of the molecule is Cc1c(C#CCCO)cccc1C(=O)NCC(C)C. The Morgan fingerprint density at radius 1 is 1.42 bits per heavy atom. The van der Waals surface area contributed by atoms with E-state index in [4.69, 9.17) is 5.11 Å². The Bertz CT molecular complexity index is 495. The van der Waals surface area contributed by atoms with Gasteiger partial charge in [-0.3, -0.25) is 4.79 Å². The molecule has 1 rings (SSSR count). The van der Waals surface area contributed by atoms with Crippen LogP contribution in [0.5, 0.6) is 0 Å². The van der Waals surface area contributed by atoms with Crippen LogP contribution in [0.2, 0.25) is 0 Å². The van der Waals surface area contributed by atoms with Crippen molar-refractivity contribution in [2.24, 2.45) is 5.92 Å². The predicted octanol–water partition coefficient (Wildman–Crippen LogP) is 2.11. The minimum absolute atomic E-state index is 0.0562. The first kappa shape index (κ1) is 15.3. The Kier molecular flexibility index (Phi) is 6.11. The lowest BCUT2D eigenvalue weighted by atomic mass is 10.0. The number of aliphatic hydroxyl groups is 1. The van der Waals surface area contributed by atoms with Gasteiger partial charge in [0.25, 0.3) is 5.91 Å². The zero-order valence-corrected chi connectivity index (χ0v) is 11.8. The lowest BCUT2D eigenvalue weighted by molar-refractivity contribution is 0.0948. The molecule has 0 aliphatic carbocycles. The van der Waals surface area contributed by atoms with E-state index in [1.165, 1.54) is 0 Å². The fourth-order valence-electron chi connectivity index (χ4n) is 1.62. The van der Waals surface area contributed by atoms with Crippen molar-refractivity contribution in [3.05, 3.63) is 34.9 Å². The van der Waals surface area contributed by atoms with Gasteiger partial charge in [-0.1, -0.05) is 31.8 Å². The van der Waals surface area contributed by atoms with Gasteiger partial charge in [-0.15, -0.1) is 0 Å². The number of amides is 1. The van der Waals surface area contributed by atoms with E-state index < -0.39 is 0 Å². The van der Waals surface area contributed by atoms with E-state index in [0.29, 0.717) is 24.4 Å². The number of hydrogen-bond donors (Lipinski definition) is 2. The molecule has 0 heterocycles. The average molecular weight is 259 g/mol. The van der Waals surface area contributed by atoms with Crippen LogP contribution < -0.4 is 5.32 Å². The second kappa shape index (κ2) is 7.60. The summed E-state index contributed by atoms with van der Waals surface area (Å²) in [4.78, 5) is 12.1. The number of hydrogen-bond acceptors (Lipinski definition) is 2. The van der Waals surface area contributed by atoms with Crippen molar-refractivity contribution in [3.63, 3.8) is 0 Å². The summed E-state index contributed by atoms with van der Waals surface area (Å²) in [6.45, 7) is 6.74. The van der Waals surface area contributed by atoms with Crippen molar-refractivity contribution < 1.29 is 9.90 Å². The quantitative estimate of drug-likeness (QED) is 0.814. The molecule has 0 saturated carbocycles. The molecule has 0 fully saturated rings. The first-order valence-corrected chi connectivity index (χ1v) is 6.53. The molecule has 1 aromatic carbocycles. The molecule has 0 unspecified atom stereocenters. The van der Waals surface area contributed by atoms with Gasteiger partial charge in [0, 0.05) is 24.1 Å². The van der Waals surface area contributed by atoms with Gasteiger partial charge in [0.2, 0.25) is 0 Å². The van der Waals surface area contributed by atoms with Crippen LogP contribution in [0, 0.1) is 24.7 Å². The van der Waals surface area contributed by atoms with Crippen LogP contribution in [0.1, 0.15) is 41.8 Å². The lowest BCUT2D eigenvalue weighted by Crippen LogP contribution is -2.28. The van der Waals surface area contributed by atoms with Crippen molar-refractivity contribution in [3.8, 4) is 11.8 Å². The van der Waals surface area contributed by atoms with Crippen LogP contribution in [0.15, 0.2) is 18.2 Å². The fraction of sp³-hybridized carbons (Fsp3) is 0.438. The van der Waals surface area contributed by atoms with Crippen LogP contribution in [0.25, 0.3) is 0 Å². The molecule has 3 nitrogen and oxygen atoms in total. The molecule has 2 N–H and O–H groups in total. The molecular formula is C16H21NO2. The Morgan fingerprint density at radius 3 is 2.79 bits per heavy atom. The standard InChI is InChI=1S/C16H21NO2/c1-12(2)11-17-16(19)15-9-6-8-14(13(15)3)7-4-5-10-18/h6,8-9,12,18H,5,10-11H2,1-3H3,(H,17,19). The maximum atomic E-state index is 12.1. The zero-order valence-electron chi connectivity index (χ0n) is 11.8. The highest BCUT2D eigenvalue weighted by Crippen LogP contribution is 2.13. The third kappa shape index (κ3) is 4.76. The highest BCUT2D eigenvalue weighted by atomic mass is 16.2. The van der Waals surface area contributed by atoms with E-state index >= 15 is 0 Å². The molecular weight excluding hydrogens is 238 g/mol. The van der Waals surface area contributed by atoms with Gasteiger partial charge in [-0.2, -0.15) is 0 Å². The van der Waals surface area contributed by atoms with Crippen LogP contribution in [0.4, 0.5) is 0 Å². The monoisotopic (exact) mass is 259 g/mol. The Hall–Kier alpha value is -1.79. The molecule has 3 heteroatoms. The fourth-order valence-corrected chi connectivity index (χ4v) is 1.62. The van der Waals surface area contributed by atoms with Gasteiger partial charge < -0.3 is 10.4 Å². The molecule has 19 heavy (non-hydrogen) atoms.